The Bertz CT molecular complexity index is 169. The highest BCUT2D eigenvalue weighted by molar-refractivity contribution is 4.82. The van der Waals surface area contributed by atoms with Gasteiger partial charge in [-0.25, -0.2) is 0 Å². The van der Waals surface area contributed by atoms with Gasteiger partial charge in [0.05, 0.1) is 0 Å². The van der Waals surface area contributed by atoms with Crippen LogP contribution in [0.1, 0.15) is 59.8 Å². The van der Waals surface area contributed by atoms with Crippen molar-refractivity contribution < 1.29 is 0 Å². The van der Waals surface area contributed by atoms with Crippen LogP contribution in [0.25, 0.3) is 0 Å². The molecule has 1 nitrogen and oxygen atoms in total. The minimum atomic E-state index is 0.473. The molecule has 0 amide bonds. The molecule has 0 aliphatic heterocycles. The van der Waals surface area contributed by atoms with Crippen molar-refractivity contribution in [2.75, 3.05) is 0 Å². The average molecular weight is 197 g/mol. The molecule has 0 bridgehead atoms. The van der Waals surface area contributed by atoms with Crippen molar-refractivity contribution in [3.63, 3.8) is 0 Å². The molecule has 0 aromatic rings. The average Bonchev–Trinajstić information content (AvgIpc) is 2.05. The smallest absolute Gasteiger partial charge is 0.00673 e. The van der Waals surface area contributed by atoms with Crippen LogP contribution in [0, 0.1) is 17.3 Å². The number of rotatable bonds is 2. The maximum absolute atomic E-state index is 6.17. The van der Waals surface area contributed by atoms with E-state index in [1.807, 2.05) is 0 Å². The first-order valence-electron chi connectivity index (χ1n) is 6.14. The van der Waals surface area contributed by atoms with E-state index in [0.29, 0.717) is 11.5 Å². The minimum absolute atomic E-state index is 0.473. The predicted molar refractivity (Wildman–Crippen MR) is 63.2 cm³/mol. The fourth-order valence-electron chi connectivity index (χ4n) is 2.47. The van der Waals surface area contributed by atoms with Gasteiger partial charge in [-0.2, -0.15) is 0 Å². The van der Waals surface area contributed by atoms with Crippen molar-refractivity contribution in [3.05, 3.63) is 0 Å². The van der Waals surface area contributed by atoms with E-state index in [-0.39, 0.29) is 0 Å². The van der Waals surface area contributed by atoms with Crippen molar-refractivity contribution in [1.29, 1.82) is 0 Å². The second-order valence-electron chi connectivity index (χ2n) is 6.44. The van der Waals surface area contributed by atoms with Gasteiger partial charge >= 0.3 is 0 Å². The first kappa shape index (κ1) is 12.0. The van der Waals surface area contributed by atoms with Gasteiger partial charge in [0.25, 0.3) is 0 Å². The fraction of sp³-hybridized carbons (Fsp3) is 1.00. The normalized spacial score (nSPS) is 34.5. The summed E-state index contributed by atoms with van der Waals surface area (Å²) in [7, 11) is 0. The topological polar surface area (TPSA) is 26.0 Å². The summed E-state index contributed by atoms with van der Waals surface area (Å²) in [6.45, 7) is 9.34. The van der Waals surface area contributed by atoms with E-state index in [1.165, 1.54) is 32.1 Å². The highest BCUT2D eigenvalue weighted by atomic mass is 14.7. The molecule has 3 atom stereocenters. The van der Waals surface area contributed by atoms with Crippen LogP contribution in [0.5, 0.6) is 0 Å². The predicted octanol–water partition coefficient (Wildman–Crippen LogP) is 3.58. The molecule has 1 aliphatic carbocycles. The quantitative estimate of drug-likeness (QED) is 0.719. The van der Waals surface area contributed by atoms with Crippen molar-refractivity contribution in [1.82, 2.24) is 0 Å². The molecule has 0 aromatic heterocycles. The monoisotopic (exact) mass is 197 g/mol. The molecule has 0 radical (unpaired) electrons. The standard InChI is InChI=1S/C13H27N/c1-10-5-6-12(14)11(9-10)7-8-13(2,3)4/h10-12H,5-9,14H2,1-4H3. The Kier molecular flexibility index (Phi) is 4.00. The summed E-state index contributed by atoms with van der Waals surface area (Å²) < 4.78 is 0. The summed E-state index contributed by atoms with van der Waals surface area (Å²) in [6.07, 6.45) is 6.59. The zero-order valence-electron chi connectivity index (χ0n) is 10.3. The van der Waals surface area contributed by atoms with Crippen LogP contribution in [0.4, 0.5) is 0 Å². The Balaban J connectivity index is 2.35. The van der Waals surface area contributed by atoms with Gasteiger partial charge in [-0.15, -0.1) is 0 Å². The molecule has 0 heterocycles. The van der Waals surface area contributed by atoms with Gasteiger partial charge in [0.1, 0.15) is 0 Å². The highest BCUT2D eigenvalue weighted by Gasteiger charge is 2.26. The zero-order chi connectivity index (χ0) is 10.8. The van der Waals surface area contributed by atoms with Gasteiger partial charge in [-0.3, -0.25) is 0 Å². The molecule has 14 heavy (non-hydrogen) atoms. The van der Waals surface area contributed by atoms with Gasteiger partial charge in [-0.1, -0.05) is 27.7 Å². The van der Waals surface area contributed by atoms with Crippen molar-refractivity contribution in [2.24, 2.45) is 23.0 Å². The third-order valence-electron chi connectivity index (χ3n) is 3.57. The van der Waals surface area contributed by atoms with Crippen LogP contribution in [-0.2, 0) is 0 Å². The van der Waals surface area contributed by atoms with Gasteiger partial charge in [0, 0.05) is 6.04 Å². The van der Waals surface area contributed by atoms with E-state index in [4.69, 9.17) is 5.73 Å². The van der Waals surface area contributed by atoms with Crippen LogP contribution >= 0.6 is 0 Å². The summed E-state index contributed by atoms with van der Waals surface area (Å²) in [5.41, 5.74) is 6.64. The molecule has 0 aromatic carbocycles. The maximum Gasteiger partial charge on any atom is 0.00673 e. The Morgan fingerprint density at radius 2 is 1.86 bits per heavy atom. The highest BCUT2D eigenvalue weighted by Crippen LogP contribution is 2.33. The minimum Gasteiger partial charge on any atom is -0.327 e. The molecule has 2 N–H and O–H groups in total. The molecule has 0 spiro atoms. The molecule has 1 heteroatoms. The summed E-state index contributed by atoms with van der Waals surface area (Å²) in [4.78, 5) is 0. The summed E-state index contributed by atoms with van der Waals surface area (Å²) in [5.74, 6) is 1.69. The molecule has 1 rings (SSSR count). The number of hydrogen-bond acceptors (Lipinski definition) is 1. The van der Waals surface area contributed by atoms with E-state index in [2.05, 4.69) is 27.7 Å². The van der Waals surface area contributed by atoms with Gasteiger partial charge in [-0.05, 0) is 49.4 Å². The zero-order valence-corrected chi connectivity index (χ0v) is 10.3. The second kappa shape index (κ2) is 4.65. The Labute approximate surface area is 89.5 Å². The second-order valence-corrected chi connectivity index (χ2v) is 6.44. The Morgan fingerprint density at radius 3 is 2.43 bits per heavy atom. The van der Waals surface area contributed by atoms with Crippen molar-refractivity contribution >= 4 is 0 Å². The molecule has 0 saturated heterocycles. The lowest BCUT2D eigenvalue weighted by Gasteiger charge is -2.34. The SMILES string of the molecule is CC1CCC(N)C(CCC(C)(C)C)C1. The molecule has 3 unspecified atom stereocenters. The first-order chi connectivity index (χ1) is 6.38. The third-order valence-corrected chi connectivity index (χ3v) is 3.57. The summed E-state index contributed by atoms with van der Waals surface area (Å²) >= 11 is 0. The molecule has 1 saturated carbocycles. The third kappa shape index (κ3) is 4.00. The Hall–Kier alpha value is -0.0400. The Morgan fingerprint density at radius 1 is 1.21 bits per heavy atom. The first-order valence-corrected chi connectivity index (χ1v) is 6.14. The summed E-state index contributed by atoms with van der Waals surface area (Å²) in [6, 6.07) is 0.480. The fourth-order valence-corrected chi connectivity index (χ4v) is 2.47. The van der Waals surface area contributed by atoms with Crippen LogP contribution in [0.2, 0.25) is 0 Å². The van der Waals surface area contributed by atoms with Gasteiger partial charge in [0.15, 0.2) is 0 Å². The summed E-state index contributed by atoms with van der Waals surface area (Å²) in [5, 5.41) is 0. The van der Waals surface area contributed by atoms with Gasteiger partial charge in [0.2, 0.25) is 0 Å². The van der Waals surface area contributed by atoms with E-state index in [0.717, 1.165) is 11.8 Å². The molecule has 1 aliphatic rings. The largest absolute Gasteiger partial charge is 0.327 e. The lowest BCUT2D eigenvalue weighted by Crippen LogP contribution is -2.36. The van der Waals surface area contributed by atoms with E-state index < -0.39 is 0 Å². The number of nitrogens with two attached hydrogens (primary N) is 1. The van der Waals surface area contributed by atoms with E-state index in [9.17, 15) is 0 Å². The van der Waals surface area contributed by atoms with Crippen LogP contribution in [0.15, 0.2) is 0 Å². The van der Waals surface area contributed by atoms with Gasteiger partial charge < -0.3 is 5.73 Å². The van der Waals surface area contributed by atoms with Crippen LogP contribution in [0.3, 0.4) is 0 Å². The molecular weight excluding hydrogens is 170 g/mol. The molecular formula is C13H27N. The van der Waals surface area contributed by atoms with Crippen LogP contribution < -0.4 is 5.73 Å². The van der Waals surface area contributed by atoms with E-state index >= 15 is 0 Å². The molecule has 84 valence electrons. The van der Waals surface area contributed by atoms with Crippen LogP contribution in [-0.4, -0.2) is 6.04 Å². The lowest BCUT2D eigenvalue weighted by atomic mass is 9.75. The van der Waals surface area contributed by atoms with E-state index in [1.54, 1.807) is 0 Å². The van der Waals surface area contributed by atoms with Crippen molar-refractivity contribution in [2.45, 2.75) is 65.8 Å². The lowest BCUT2D eigenvalue weighted by molar-refractivity contribution is 0.207. The maximum atomic E-state index is 6.17. The van der Waals surface area contributed by atoms with Crippen molar-refractivity contribution in [3.8, 4) is 0 Å². The number of hydrogen-bond donors (Lipinski definition) is 1. The molecule has 1 fully saturated rings.